The maximum absolute atomic E-state index is 10.8. The number of benzene rings is 1. The molecule has 1 fully saturated rings. The Balaban J connectivity index is 2.30. The van der Waals surface area contributed by atoms with Crippen LogP contribution in [-0.4, -0.2) is 36.5 Å². The van der Waals surface area contributed by atoms with Crippen LogP contribution in [0.15, 0.2) is 24.3 Å². The van der Waals surface area contributed by atoms with Crippen molar-refractivity contribution in [3.63, 3.8) is 0 Å². The van der Waals surface area contributed by atoms with Gasteiger partial charge in [0.05, 0.1) is 4.92 Å². The summed E-state index contributed by atoms with van der Waals surface area (Å²) in [7, 11) is 1.99. The van der Waals surface area contributed by atoms with Crippen molar-refractivity contribution >= 4 is 5.69 Å². The highest BCUT2D eigenvalue weighted by molar-refractivity contribution is 5.34. The third-order valence-corrected chi connectivity index (χ3v) is 4.43. The topological polar surface area (TPSA) is 58.4 Å². The molecule has 2 rings (SSSR count). The molecule has 116 valence electrons. The summed E-state index contributed by atoms with van der Waals surface area (Å²) in [6.45, 7) is 5.30. The molecule has 1 heterocycles. The van der Waals surface area contributed by atoms with E-state index in [1.54, 1.807) is 12.1 Å². The molecule has 1 aromatic rings. The monoisotopic (exact) mass is 291 g/mol. The smallest absolute Gasteiger partial charge is 0.269 e. The van der Waals surface area contributed by atoms with E-state index in [1.165, 1.54) is 24.8 Å². The average Bonchev–Trinajstić information content (AvgIpc) is 2.70. The third kappa shape index (κ3) is 3.80. The summed E-state index contributed by atoms with van der Waals surface area (Å²) < 4.78 is 0. The van der Waals surface area contributed by atoms with E-state index in [0.29, 0.717) is 12.0 Å². The molecule has 1 aromatic carbocycles. The van der Waals surface area contributed by atoms with Gasteiger partial charge in [0.1, 0.15) is 0 Å². The maximum atomic E-state index is 10.8. The fourth-order valence-electron chi connectivity index (χ4n) is 3.42. The van der Waals surface area contributed by atoms with E-state index in [2.05, 4.69) is 17.1 Å². The van der Waals surface area contributed by atoms with Gasteiger partial charge in [-0.2, -0.15) is 0 Å². The minimum absolute atomic E-state index is 0.167. The molecule has 0 spiro atoms. The highest BCUT2D eigenvalue weighted by Crippen LogP contribution is 2.35. The summed E-state index contributed by atoms with van der Waals surface area (Å²) in [5, 5.41) is 14.1. The van der Waals surface area contributed by atoms with Crippen molar-refractivity contribution in [2.24, 2.45) is 5.92 Å². The van der Waals surface area contributed by atoms with Gasteiger partial charge in [0, 0.05) is 18.2 Å². The second kappa shape index (κ2) is 7.52. The molecule has 5 heteroatoms. The largest absolute Gasteiger partial charge is 0.319 e. The fourth-order valence-corrected chi connectivity index (χ4v) is 3.42. The van der Waals surface area contributed by atoms with Crippen molar-refractivity contribution in [1.29, 1.82) is 0 Å². The zero-order valence-electron chi connectivity index (χ0n) is 12.9. The third-order valence-electron chi connectivity index (χ3n) is 4.43. The maximum Gasteiger partial charge on any atom is 0.269 e. The van der Waals surface area contributed by atoms with Gasteiger partial charge in [0.2, 0.25) is 0 Å². The summed E-state index contributed by atoms with van der Waals surface area (Å²) in [6.07, 6.45) is 3.70. The standard InChI is InChI=1S/C16H25N3O2/c1-3-18-11-5-4-6-14(12-17-2)16(18)13-7-9-15(10-8-13)19(20)21/h7-10,14,16-17H,3-6,11-12H2,1-2H3. The number of hydrogen-bond donors (Lipinski definition) is 1. The predicted octanol–water partition coefficient (Wildman–Crippen LogP) is 2.98. The Morgan fingerprint density at radius 3 is 2.62 bits per heavy atom. The van der Waals surface area contributed by atoms with Crippen molar-refractivity contribution in [2.45, 2.75) is 32.2 Å². The number of nitro benzene ring substituents is 1. The molecule has 0 radical (unpaired) electrons. The first-order valence-electron chi connectivity index (χ1n) is 7.80. The van der Waals surface area contributed by atoms with Gasteiger partial charge >= 0.3 is 0 Å². The molecule has 1 aliphatic rings. The molecule has 0 amide bonds. The predicted molar refractivity (Wildman–Crippen MR) is 84.4 cm³/mol. The summed E-state index contributed by atoms with van der Waals surface area (Å²) in [5.74, 6) is 0.555. The molecule has 2 atom stereocenters. The van der Waals surface area contributed by atoms with E-state index < -0.39 is 0 Å². The molecule has 0 bridgehead atoms. The van der Waals surface area contributed by atoms with Crippen LogP contribution in [0.25, 0.3) is 0 Å². The molecule has 2 unspecified atom stereocenters. The molecule has 0 aliphatic carbocycles. The summed E-state index contributed by atoms with van der Waals surface area (Å²) in [4.78, 5) is 13.0. The van der Waals surface area contributed by atoms with E-state index in [0.717, 1.165) is 19.6 Å². The van der Waals surface area contributed by atoms with E-state index in [1.807, 2.05) is 19.2 Å². The number of hydrogen-bond acceptors (Lipinski definition) is 4. The summed E-state index contributed by atoms with van der Waals surface area (Å²) in [5.41, 5.74) is 1.37. The molecule has 5 nitrogen and oxygen atoms in total. The van der Waals surface area contributed by atoms with Crippen molar-refractivity contribution in [2.75, 3.05) is 26.7 Å². The fraction of sp³-hybridized carbons (Fsp3) is 0.625. The number of non-ortho nitro benzene ring substituents is 1. The highest BCUT2D eigenvalue weighted by atomic mass is 16.6. The average molecular weight is 291 g/mol. The van der Waals surface area contributed by atoms with E-state index >= 15 is 0 Å². The van der Waals surface area contributed by atoms with Crippen molar-refractivity contribution in [1.82, 2.24) is 10.2 Å². The van der Waals surface area contributed by atoms with Gasteiger partial charge in [-0.25, -0.2) is 0 Å². The minimum atomic E-state index is -0.334. The van der Waals surface area contributed by atoms with Crippen molar-refractivity contribution < 1.29 is 4.92 Å². The molecular weight excluding hydrogens is 266 g/mol. The number of nitrogens with zero attached hydrogens (tertiary/aromatic N) is 2. The zero-order chi connectivity index (χ0) is 15.2. The van der Waals surface area contributed by atoms with Crippen LogP contribution < -0.4 is 5.32 Å². The lowest BCUT2D eigenvalue weighted by Crippen LogP contribution is -2.36. The number of rotatable bonds is 5. The Morgan fingerprint density at radius 1 is 1.33 bits per heavy atom. The van der Waals surface area contributed by atoms with Crippen LogP contribution >= 0.6 is 0 Å². The lowest BCUT2D eigenvalue weighted by Gasteiger charge is -2.34. The van der Waals surface area contributed by atoms with Gasteiger partial charge in [-0.05, 0) is 51.0 Å². The highest BCUT2D eigenvalue weighted by Gasteiger charge is 2.30. The van der Waals surface area contributed by atoms with Crippen LogP contribution in [0.2, 0.25) is 0 Å². The number of nitro groups is 1. The first kappa shape index (κ1) is 15.9. The number of nitrogens with one attached hydrogen (secondary N) is 1. The van der Waals surface area contributed by atoms with E-state index in [9.17, 15) is 10.1 Å². The molecule has 1 N–H and O–H groups in total. The Kier molecular flexibility index (Phi) is 5.70. The van der Waals surface area contributed by atoms with Crippen LogP contribution in [0.5, 0.6) is 0 Å². The Morgan fingerprint density at radius 2 is 2.05 bits per heavy atom. The summed E-state index contributed by atoms with van der Waals surface area (Å²) in [6, 6.07) is 7.47. The van der Waals surface area contributed by atoms with E-state index in [4.69, 9.17) is 0 Å². The van der Waals surface area contributed by atoms with Gasteiger partial charge in [-0.3, -0.25) is 15.0 Å². The zero-order valence-corrected chi connectivity index (χ0v) is 12.9. The van der Waals surface area contributed by atoms with Crippen molar-refractivity contribution in [3.8, 4) is 0 Å². The lowest BCUT2D eigenvalue weighted by atomic mass is 9.89. The van der Waals surface area contributed by atoms with Crippen LogP contribution in [0.1, 0.15) is 37.8 Å². The Hall–Kier alpha value is -1.46. The van der Waals surface area contributed by atoms with Crippen LogP contribution in [0, 0.1) is 16.0 Å². The van der Waals surface area contributed by atoms with E-state index in [-0.39, 0.29) is 10.6 Å². The molecule has 21 heavy (non-hydrogen) atoms. The number of likely N-dealkylation sites (tertiary alicyclic amines) is 1. The summed E-state index contributed by atoms with van der Waals surface area (Å²) >= 11 is 0. The van der Waals surface area contributed by atoms with Gasteiger partial charge in [-0.15, -0.1) is 0 Å². The Labute approximate surface area is 126 Å². The molecular formula is C16H25N3O2. The molecule has 0 saturated carbocycles. The SMILES string of the molecule is CCN1CCCCC(CNC)C1c1ccc([N+](=O)[O-])cc1. The van der Waals surface area contributed by atoms with Gasteiger partial charge in [0.25, 0.3) is 5.69 Å². The van der Waals surface area contributed by atoms with Crippen molar-refractivity contribution in [3.05, 3.63) is 39.9 Å². The lowest BCUT2D eigenvalue weighted by molar-refractivity contribution is -0.384. The van der Waals surface area contributed by atoms with Gasteiger partial charge < -0.3 is 5.32 Å². The normalized spacial score (nSPS) is 23.7. The van der Waals surface area contributed by atoms with Crippen LogP contribution in [-0.2, 0) is 0 Å². The minimum Gasteiger partial charge on any atom is -0.319 e. The van der Waals surface area contributed by atoms with Gasteiger partial charge in [0.15, 0.2) is 0 Å². The van der Waals surface area contributed by atoms with Crippen LogP contribution in [0.3, 0.4) is 0 Å². The molecule has 0 aromatic heterocycles. The first-order valence-corrected chi connectivity index (χ1v) is 7.80. The van der Waals surface area contributed by atoms with Gasteiger partial charge in [-0.1, -0.05) is 25.5 Å². The second-order valence-electron chi connectivity index (χ2n) is 5.74. The van der Waals surface area contributed by atoms with Crippen LogP contribution in [0.4, 0.5) is 5.69 Å². The second-order valence-corrected chi connectivity index (χ2v) is 5.74. The molecule has 1 aliphatic heterocycles. The quantitative estimate of drug-likeness (QED) is 0.669. The first-order chi connectivity index (χ1) is 10.2. The molecule has 1 saturated heterocycles. The Bertz CT molecular complexity index is 461.